The maximum absolute atomic E-state index is 12.1. The van der Waals surface area contributed by atoms with E-state index in [0.29, 0.717) is 13.0 Å². The Kier molecular flexibility index (Phi) is 4.69. The summed E-state index contributed by atoms with van der Waals surface area (Å²) in [6.45, 7) is 3.42. The first-order chi connectivity index (χ1) is 9.56. The molecular weight excluding hydrogens is 250 g/mol. The zero-order valence-electron chi connectivity index (χ0n) is 12.3. The second-order valence-electron chi connectivity index (χ2n) is 5.26. The molecule has 1 heterocycles. The fraction of sp³-hybridized carbons (Fsp3) is 0.375. The van der Waals surface area contributed by atoms with E-state index in [9.17, 15) is 4.79 Å². The Hall–Kier alpha value is -1.94. The van der Waals surface area contributed by atoms with Gasteiger partial charge in [-0.15, -0.1) is 0 Å². The molecule has 0 radical (unpaired) electrons. The van der Waals surface area contributed by atoms with E-state index in [0.717, 1.165) is 23.4 Å². The van der Waals surface area contributed by atoms with Gasteiger partial charge < -0.3 is 4.90 Å². The number of rotatable bonds is 4. The van der Waals surface area contributed by atoms with Crippen molar-refractivity contribution in [2.24, 2.45) is 5.10 Å². The number of carbonyl (C=O) groups excluding carboxylic acids is 1. The summed E-state index contributed by atoms with van der Waals surface area (Å²) >= 11 is 0. The van der Waals surface area contributed by atoms with Crippen LogP contribution in [0.5, 0.6) is 0 Å². The molecule has 1 amide bonds. The quantitative estimate of drug-likeness (QED) is 0.842. The van der Waals surface area contributed by atoms with Crippen LogP contribution in [0.3, 0.4) is 0 Å². The topological polar surface area (TPSA) is 35.9 Å². The molecule has 4 heteroatoms. The SMILES string of the molecule is CC1=NN(CCN(C)C)C(=O)C/C1=C\c1ccccc1. The van der Waals surface area contributed by atoms with Crippen molar-refractivity contribution >= 4 is 17.7 Å². The van der Waals surface area contributed by atoms with Crippen LogP contribution in [0.1, 0.15) is 18.9 Å². The first-order valence-corrected chi connectivity index (χ1v) is 6.82. The molecule has 4 nitrogen and oxygen atoms in total. The van der Waals surface area contributed by atoms with E-state index in [1.54, 1.807) is 5.01 Å². The van der Waals surface area contributed by atoms with Crippen LogP contribution in [0.15, 0.2) is 41.0 Å². The van der Waals surface area contributed by atoms with E-state index in [1.165, 1.54) is 0 Å². The summed E-state index contributed by atoms with van der Waals surface area (Å²) in [5.41, 5.74) is 3.03. The van der Waals surface area contributed by atoms with Crippen LogP contribution in [0.25, 0.3) is 6.08 Å². The minimum atomic E-state index is 0.0691. The summed E-state index contributed by atoms with van der Waals surface area (Å²) in [7, 11) is 3.98. The standard InChI is InChI=1S/C16H21N3O/c1-13-15(11-14-7-5-4-6-8-14)12-16(20)19(17-13)10-9-18(2)3/h4-8,11H,9-10,12H2,1-3H3/b15-11+. The number of likely N-dealkylation sites (N-methyl/N-ethyl adjacent to an activating group) is 1. The number of benzene rings is 1. The van der Waals surface area contributed by atoms with Crippen molar-refractivity contribution in [2.75, 3.05) is 27.2 Å². The zero-order valence-corrected chi connectivity index (χ0v) is 12.3. The predicted octanol–water partition coefficient (Wildman–Crippen LogP) is 2.24. The van der Waals surface area contributed by atoms with Crippen LogP contribution in [-0.4, -0.2) is 48.7 Å². The predicted molar refractivity (Wildman–Crippen MR) is 82.4 cm³/mol. The van der Waals surface area contributed by atoms with Gasteiger partial charge >= 0.3 is 0 Å². The van der Waals surface area contributed by atoms with Crippen LogP contribution >= 0.6 is 0 Å². The molecule has 0 saturated carbocycles. The van der Waals surface area contributed by atoms with Crippen LogP contribution in [-0.2, 0) is 4.79 Å². The molecule has 106 valence electrons. The van der Waals surface area contributed by atoms with E-state index in [1.807, 2.05) is 62.3 Å². The third-order valence-electron chi connectivity index (χ3n) is 3.26. The van der Waals surface area contributed by atoms with Crippen molar-refractivity contribution in [3.05, 3.63) is 41.5 Å². The average molecular weight is 271 g/mol. The number of hydrazone groups is 1. The minimum absolute atomic E-state index is 0.0691. The second kappa shape index (κ2) is 6.48. The molecule has 0 N–H and O–H groups in total. The highest BCUT2D eigenvalue weighted by Gasteiger charge is 2.21. The Balaban J connectivity index is 2.14. The lowest BCUT2D eigenvalue weighted by molar-refractivity contribution is -0.131. The van der Waals surface area contributed by atoms with Gasteiger partial charge in [0.05, 0.1) is 18.7 Å². The van der Waals surface area contributed by atoms with Crippen molar-refractivity contribution in [2.45, 2.75) is 13.3 Å². The van der Waals surface area contributed by atoms with Crippen LogP contribution in [0, 0.1) is 0 Å². The highest BCUT2D eigenvalue weighted by atomic mass is 16.2. The molecule has 0 bridgehead atoms. The Morgan fingerprint density at radius 3 is 2.65 bits per heavy atom. The summed E-state index contributed by atoms with van der Waals surface area (Å²) in [6.07, 6.45) is 2.47. The van der Waals surface area contributed by atoms with Crippen molar-refractivity contribution in [3.8, 4) is 0 Å². The van der Waals surface area contributed by atoms with E-state index in [2.05, 4.69) is 5.10 Å². The number of nitrogens with zero attached hydrogens (tertiary/aromatic N) is 3. The van der Waals surface area contributed by atoms with Gasteiger partial charge in [0.25, 0.3) is 0 Å². The molecule has 0 aliphatic carbocycles. The van der Waals surface area contributed by atoms with Gasteiger partial charge in [0.2, 0.25) is 5.91 Å². The molecular formula is C16H21N3O. The smallest absolute Gasteiger partial charge is 0.247 e. The van der Waals surface area contributed by atoms with Crippen molar-refractivity contribution in [3.63, 3.8) is 0 Å². The molecule has 0 spiro atoms. The summed E-state index contributed by atoms with van der Waals surface area (Å²) in [5, 5.41) is 6.00. The van der Waals surface area contributed by atoms with E-state index < -0.39 is 0 Å². The lowest BCUT2D eigenvalue weighted by atomic mass is 10.0. The van der Waals surface area contributed by atoms with Crippen LogP contribution in [0.4, 0.5) is 0 Å². The van der Waals surface area contributed by atoms with Crippen molar-refractivity contribution < 1.29 is 4.79 Å². The van der Waals surface area contributed by atoms with Gasteiger partial charge in [-0.2, -0.15) is 5.10 Å². The molecule has 1 aromatic carbocycles. The van der Waals surface area contributed by atoms with E-state index >= 15 is 0 Å². The third kappa shape index (κ3) is 3.78. The molecule has 1 aliphatic heterocycles. The number of carbonyl (C=O) groups is 1. The minimum Gasteiger partial charge on any atom is -0.308 e. The molecule has 0 atom stereocenters. The summed E-state index contributed by atoms with van der Waals surface area (Å²) in [5.74, 6) is 0.0691. The van der Waals surface area contributed by atoms with Gasteiger partial charge in [-0.25, -0.2) is 5.01 Å². The molecule has 0 fully saturated rings. The summed E-state index contributed by atoms with van der Waals surface area (Å²) in [4.78, 5) is 14.2. The maximum atomic E-state index is 12.1. The highest BCUT2D eigenvalue weighted by molar-refractivity contribution is 6.08. The Morgan fingerprint density at radius 1 is 1.30 bits per heavy atom. The Labute approximate surface area is 120 Å². The van der Waals surface area contributed by atoms with Crippen LogP contribution in [0.2, 0.25) is 0 Å². The summed E-state index contributed by atoms with van der Waals surface area (Å²) < 4.78 is 0. The van der Waals surface area contributed by atoms with Gasteiger partial charge in [0, 0.05) is 6.54 Å². The first-order valence-electron chi connectivity index (χ1n) is 6.82. The average Bonchev–Trinajstić information content (AvgIpc) is 2.42. The number of hydrogen-bond acceptors (Lipinski definition) is 3. The van der Waals surface area contributed by atoms with Gasteiger partial charge in [-0.05, 0) is 38.2 Å². The fourth-order valence-electron chi connectivity index (χ4n) is 2.06. The molecule has 0 saturated heterocycles. The van der Waals surface area contributed by atoms with Crippen molar-refractivity contribution in [1.29, 1.82) is 0 Å². The lowest BCUT2D eigenvalue weighted by Gasteiger charge is -2.25. The third-order valence-corrected chi connectivity index (χ3v) is 3.26. The molecule has 0 unspecified atom stereocenters. The van der Waals surface area contributed by atoms with Crippen molar-refractivity contribution in [1.82, 2.24) is 9.91 Å². The molecule has 1 aromatic rings. The number of hydrogen-bond donors (Lipinski definition) is 0. The monoisotopic (exact) mass is 271 g/mol. The molecule has 20 heavy (non-hydrogen) atoms. The van der Waals surface area contributed by atoms with E-state index in [4.69, 9.17) is 0 Å². The molecule has 1 aliphatic rings. The lowest BCUT2D eigenvalue weighted by Crippen LogP contribution is -2.36. The maximum Gasteiger partial charge on any atom is 0.247 e. The highest BCUT2D eigenvalue weighted by Crippen LogP contribution is 2.18. The van der Waals surface area contributed by atoms with Gasteiger partial charge in [0.15, 0.2) is 0 Å². The Morgan fingerprint density at radius 2 is 2.00 bits per heavy atom. The fourth-order valence-corrected chi connectivity index (χ4v) is 2.06. The van der Waals surface area contributed by atoms with Gasteiger partial charge in [-0.1, -0.05) is 30.3 Å². The molecule has 0 aromatic heterocycles. The Bertz CT molecular complexity index is 532. The normalized spacial score (nSPS) is 17.8. The van der Waals surface area contributed by atoms with Gasteiger partial charge in [-0.3, -0.25) is 4.79 Å². The zero-order chi connectivity index (χ0) is 14.5. The summed E-state index contributed by atoms with van der Waals surface area (Å²) in [6, 6.07) is 10.0. The molecule has 2 rings (SSSR count). The largest absolute Gasteiger partial charge is 0.308 e. The number of amides is 1. The second-order valence-corrected chi connectivity index (χ2v) is 5.26. The first kappa shape index (κ1) is 14.5. The van der Waals surface area contributed by atoms with Gasteiger partial charge in [0.1, 0.15) is 0 Å². The van der Waals surface area contributed by atoms with Crippen LogP contribution < -0.4 is 0 Å². The van der Waals surface area contributed by atoms with E-state index in [-0.39, 0.29) is 5.91 Å².